The second-order valence-corrected chi connectivity index (χ2v) is 6.12. The van der Waals surface area contributed by atoms with Gasteiger partial charge < -0.3 is 11.1 Å². The van der Waals surface area contributed by atoms with E-state index in [0.717, 1.165) is 42.8 Å². The van der Waals surface area contributed by atoms with Gasteiger partial charge in [-0.15, -0.1) is 36.2 Å². The third kappa shape index (κ3) is 4.58. The van der Waals surface area contributed by atoms with E-state index in [1.165, 1.54) is 0 Å². The molecular formula is C13H23Cl2N3OS. The highest BCUT2D eigenvalue weighted by molar-refractivity contribution is 7.09. The Labute approximate surface area is 136 Å². The van der Waals surface area contributed by atoms with Crippen LogP contribution in [-0.2, 0) is 11.2 Å². The maximum Gasteiger partial charge on any atom is 0.227 e. The number of hydrogen-bond donors (Lipinski definition) is 2. The van der Waals surface area contributed by atoms with Crippen LogP contribution < -0.4 is 11.1 Å². The molecule has 4 nitrogen and oxygen atoms in total. The Morgan fingerprint density at radius 2 is 2.10 bits per heavy atom. The Morgan fingerprint density at radius 3 is 2.60 bits per heavy atom. The number of aromatic nitrogens is 1. The van der Waals surface area contributed by atoms with Crippen LogP contribution in [0.5, 0.6) is 0 Å². The molecular weight excluding hydrogens is 317 g/mol. The molecule has 7 heteroatoms. The molecule has 3 N–H and O–H groups in total. The monoisotopic (exact) mass is 339 g/mol. The Bertz CT molecular complexity index is 420. The minimum Gasteiger partial charge on any atom is -0.355 e. The van der Waals surface area contributed by atoms with Crippen molar-refractivity contribution in [3.8, 4) is 0 Å². The van der Waals surface area contributed by atoms with Gasteiger partial charge in [-0.1, -0.05) is 12.8 Å². The van der Waals surface area contributed by atoms with E-state index in [9.17, 15) is 4.79 Å². The number of nitrogens with two attached hydrogens (primary N) is 1. The lowest BCUT2D eigenvalue weighted by molar-refractivity contribution is -0.130. The molecule has 0 radical (unpaired) electrons. The van der Waals surface area contributed by atoms with E-state index in [0.29, 0.717) is 13.1 Å². The zero-order chi connectivity index (χ0) is 13.0. The molecule has 0 aliphatic heterocycles. The van der Waals surface area contributed by atoms with Gasteiger partial charge in [0.05, 0.1) is 16.1 Å². The van der Waals surface area contributed by atoms with Crippen molar-refractivity contribution >= 4 is 42.1 Å². The largest absolute Gasteiger partial charge is 0.355 e. The molecule has 1 amide bonds. The van der Waals surface area contributed by atoms with Gasteiger partial charge in [0, 0.05) is 24.9 Å². The number of thiazole rings is 1. The van der Waals surface area contributed by atoms with Crippen LogP contribution in [0.4, 0.5) is 0 Å². The fraction of sp³-hybridized carbons (Fsp3) is 0.692. The molecule has 116 valence electrons. The predicted octanol–water partition coefficient (Wildman–Crippen LogP) is 2.47. The lowest BCUT2D eigenvalue weighted by atomic mass is 9.85. The summed E-state index contributed by atoms with van der Waals surface area (Å²) >= 11 is 1.65. The first kappa shape index (κ1) is 19.6. The van der Waals surface area contributed by atoms with Gasteiger partial charge in [-0.05, 0) is 19.8 Å². The summed E-state index contributed by atoms with van der Waals surface area (Å²) in [5.41, 5.74) is 6.55. The summed E-state index contributed by atoms with van der Waals surface area (Å²) in [7, 11) is 0. The van der Waals surface area contributed by atoms with Crippen molar-refractivity contribution in [1.82, 2.24) is 10.3 Å². The highest BCUT2D eigenvalue weighted by atomic mass is 35.5. The van der Waals surface area contributed by atoms with E-state index in [1.54, 1.807) is 11.3 Å². The Morgan fingerprint density at radius 1 is 1.45 bits per heavy atom. The quantitative estimate of drug-likeness (QED) is 0.865. The van der Waals surface area contributed by atoms with Crippen LogP contribution in [0.15, 0.2) is 5.38 Å². The van der Waals surface area contributed by atoms with Crippen molar-refractivity contribution < 1.29 is 4.79 Å². The number of carbonyl (C=O) groups is 1. The van der Waals surface area contributed by atoms with Crippen LogP contribution in [0, 0.1) is 12.3 Å². The molecule has 1 aromatic rings. The second kappa shape index (κ2) is 8.82. The van der Waals surface area contributed by atoms with E-state index in [1.807, 2.05) is 6.92 Å². The average molecular weight is 340 g/mol. The maximum atomic E-state index is 12.2. The minimum atomic E-state index is -0.294. The Kier molecular flexibility index (Phi) is 8.66. The molecule has 2 rings (SSSR count). The highest BCUT2D eigenvalue weighted by Crippen LogP contribution is 2.37. The van der Waals surface area contributed by atoms with Crippen molar-refractivity contribution in [2.75, 3.05) is 13.1 Å². The zero-order valence-corrected chi connectivity index (χ0v) is 14.1. The number of nitrogens with one attached hydrogen (secondary N) is 1. The van der Waals surface area contributed by atoms with Crippen LogP contribution in [0.2, 0.25) is 0 Å². The van der Waals surface area contributed by atoms with Gasteiger partial charge in [-0.2, -0.15) is 0 Å². The Hall–Kier alpha value is -0.360. The number of amides is 1. The smallest absolute Gasteiger partial charge is 0.227 e. The number of hydrogen-bond acceptors (Lipinski definition) is 4. The van der Waals surface area contributed by atoms with Crippen molar-refractivity contribution in [3.05, 3.63) is 16.1 Å². The third-order valence-electron chi connectivity index (χ3n) is 3.77. The summed E-state index contributed by atoms with van der Waals surface area (Å²) in [6.07, 6.45) is 4.92. The van der Waals surface area contributed by atoms with Gasteiger partial charge in [0.2, 0.25) is 5.91 Å². The lowest BCUT2D eigenvalue weighted by Gasteiger charge is -2.25. The van der Waals surface area contributed by atoms with E-state index in [2.05, 4.69) is 15.7 Å². The SMILES string of the molecule is Cc1nc(CCNC(=O)C2(CN)CCCC2)cs1.Cl.Cl. The molecule has 0 spiro atoms. The number of rotatable bonds is 5. The summed E-state index contributed by atoms with van der Waals surface area (Å²) in [4.78, 5) is 16.6. The first-order chi connectivity index (χ1) is 8.66. The molecule has 0 atom stereocenters. The van der Waals surface area contributed by atoms with Gasteiger partial charge in [0.1, 0.15) is 0 Å². The Balaban J connectivity index is 0.00000180. The van der Waals surface area contributed by atoms with Crippen LogP contribution in [0.25, 0.3) is 0 Å². The predicted molar refractivity (Wildman–Crippen MR) is 88.0 cm³/mol. The molecule has 1 fully saturated rings. The summed E-state index contributed by atoms with van der Waals surface area (Å²) in [6.45, 7) is 3.12. The molecule has 20 heavy (non-hydrogen) atoms. The van der Waals surface area contributed by atoms with E-state index in [4.69, 9.17) is 5.73 Å². The molecule has 1 aliphatic rings. The van der Waals surface area contributed by atoms with E-state index in [-0.39, 0.29) is 36.1 Å². The summed E-state index contributed by atoms with van der Waals surface area (Å²) < 4.78 is 0. The average Bonchev–Trinajstić information content (AvgIpc) is 2.99. The highest BCUT2D eigenvalue weighted by Gasteiger charge is 2.39. The van der Waals surface area contributed by atoms with Gasteiger partial charge in [0.15, 0.2) is 0 Å². The molecule has 1 aliphatic carbocycles. The molecule has 1 aromatic heterocycles. The molecule has 0 bridgehead atoms. The summed E-state index contributed by atoms with van der Waals surface area (Å²) in [6, 6.07) is 0. The van der Waals surface area contributed by atoms with Gasteiger partial charge in [-0.25, -0.2) is 4.98 Å². The lowest BCUT2D eigenvalue weighted by Crippen LogP contribution is -2.44. The van der Waals surface area contributed by atoms with Crippen LogP contribution in [0.1, 0.15) is 36.4 Å². The molecule has 1 heterocycles. The summed E-state index contributed by atoms with van der Waals surface area (Å²) in [5, 5.41) is 6.15. The fourth-order valence-corrected chi connectivity index (χ4v) is 3.24. The number of nitrogens with zero attached hydrogens (tertiary/aromatic N) is 1. The van der Waals surface area contributed by atoms with Crippen molar-refractivity contribution in [2.24, 2.45) is 11.1 Å². The first-order valence-electron chi connectivity index (χ1n) is 6.56. The van der Waals surface area contributed by atoms with Crippen LogP contribution in [0.3, 0.4) is 0 Å². The molecule has 0 saturated heterocycles. The van der Waals surface area contributed by atoms with Crippen LogP contribution >= 0.6 is 36.2 Å². The topological polar surface area (TPSA) is 68.0 Å². The third-order valence-corrected chi connectivity index (χ3v) is 4.59. The number of carbonyl (C=O) groups excluding carboxylic acids is 1. The van der Waals surface area contributed by atoms with Crippen molar-refractivity contribution in [2.45, 2.75) is 39.0 Å². The van der Waals surface area contributed by atoms with Gasteiger partial charge in [-0.3, -0.25) is 4.79 Å². The van der Waals surface area contributed by atoms with Crippen LogP contribution in [-0.4, -0.2) is 24.0 Å². The molecule has 1 saturated carbocycles. The number of halogens is 2. The van der Waals surface area contributed by atoms with E-state index >= 15 is 0 Å². The van der Waals surface area contributed by atoms with Crippen molar-refractivity contribution in [1.29, 1.82) is 0 Å². The minimum absolute atomic E-state index is 0. The van der Waals surface area contributed by atoms with Crippen molar-refractivity contribution in [3.63, 3.8) is 0 Å². The fourth-order valence-electron chi connectivity index (χ4n) is 2.59. The molecule has 0 aromatic carbocycles. The standard InChI is InChI=1S/C13H21N3OS.2ClH/c1-10-16-11(8-18-10)4-7-15-12(17)13(9-14)5-2-3-6-13;;/h8H,2-7,9,14H2,1H3,(H,15,17);2*1H. The second-order valence-electron chi connectivity index (χ2n) is 5.06. The zero-order valence-electron chi connectivity index (χ0n) is 11.7. The number of aryl methyl sites for hydroxylation is 1. The van der Waals surface area contributed by atoms with E-state index < -0.39 is 0 Å². The first-order valence-corrected chi connectivity index (χ1v) is 7.44. The van der Waals surface area contributed by atoms with Gasteiger partial charge >= 0.3 is 0 Å². The molecule has 0 unspecified atom stereocenters. The van der Waals surface area contributed by atoms with Gasteiger partial charge in [0.25, 0.3) is 0 Å². The normalized spacial score (nSPS) is 16.1. The maximum absolute atomic E-state index is 12.2. The summed E-state index contributed by atoms with van der Waals surface area (Å²) in [5.74, 6) is 0.134.